The van der Waals surface area contributed by atoms with Crippen LogP contribution in [0.2, 0.25) is 0 Å². The molecule has 9 heteroatoms. The molecule has 3 aromatic carbocycles. The minimum atomic E-state index is -0.675. The Balaban J connectivity index is 1.23. The summed E-state index contributed by atoms with van der Waals surface area (Å²) in [6, 6.07) is 22.8. The molecule has 9 nitrogen and oxygen atoms in total. The topological polar surface area (TPSA) is 114 Å². The van der Waals surface area contributed by atoms with E-state index in [0.29, 0.717) is 29.0 Å². The third-order valence-electron chi connectivity index (χ3n) is 7.64. The lowest BCUT2D eigenvalue weighted by molar-refractivity contribution is -0.155. The Labute approximate surface area is 238 Å². The van der Waals surface area contributed by atoms with Crippen molar-refractivity contribution in [2.75, 3.05) is 6.54 Å². The molecular weight excluding hydrogens is 522 g/mol. The monoisotopic (exact) mass is 555 g/mol. The number of rotatable bonds is 10. The van der Waals surface area contributed by atoms with Crippen LogP contribution < -0.4 is 15.4 Å². The van der Waals surface area contributed by atoms with Crippen molar-refractivity contribution < 1.29 is 28.7 Å². The van der Waals surface area contributed by atoms with Crippen LogP contribution in [0.1, 0.15) is 48.2 Å². The predicted octanol–water partition coefficient (Wildman–Crippen LogP) is 3.97. The number of carbonyl (C=O) groups excluding carboxylic acids is 4. The molecule has 2 fully saturated rings. The molecule has 1 saturated heterocycles. The zero-order chi connectivity index (χ0) is 29.0. The SMILES string of the molecule is CC(=O)NCc1cc(C(=O)NCC(=O)N2[C@H]3C[C@@]3(C)C[C@H]2C(=O)OCc2ccccc2)ccc1Oc1ccccc1. The number of carbonyl (C=O) groups is 4. The van der Waals surface area contributed by atoms with E-state index in [1.807, 2.05) is 60.7 Å². The second-order valence-corrected chi connectivity index (χ2v) is 10.8. The summed E-state index contributed by atoms with van der Waals surface area (Å²) in [4.78, 5) is 52.4. The van der Waals surface area contributed by atoms with Crippen molar-refractivity contribution in [1.29, 1.82) is 0 Å². The second-order valence-electron chi connectivity index (χ2n) is 10.8. The molecule has 0 spiro atoms. The number of para-hydroxylation sites is 1. The summed E-state index contributed by atoms with van der Waals surface area (Å²) in [6.07, 6.45) is 1.37. The maximum Gasteiger partial charge on any atom is 0.329 e. The molecule has 0 unspecified atom stereocenters. The van der Waals surface area contributed by atoms with Crippen molar-refractivity contribution in [3.63, 3.8) is 0 Å². The van der Waals surface area contributed by atoms with Gasteiger partial charge in [0.1, 0.15) is 24.1 Å². The van der Waals surface area contributed by atoms with Crippen molar-refractivity contribution in [3.05, 3.63) is 95.6 Å². The van der Waals surface area contributed by atoms with Crippen molar-refractivity contribution in [3.8, 4) is 11.5 Å². The molecule has 3 aromatic rings. The second kappa shape index (κ2) is 11.8. The van der Waals surface area contributed by atoms with E-state index >= 15 is 0 Å². The number of nitrogens with one attached hydrogen (secondary N) is 2. The maximum atomic E-state index is 13.3. The molecule has 0 bridgehead atoms. The zero-order valence-electron chi connectivity index (χ0n) is 23.1. The van der Waals surface area contributed by atoms with Crippen molar-refractivity contribution in [2.24, 2.45) is 5.41 Å². The van der Waals surface area contributed by atoms with Crippen LogP contribution in [0, 0.1) is 5.41 Å². The standard InChI is InChI=1S/C32H33N3O6/c1-21(36)33-18-24-15-23(13-14-27(24)41-25-11-7-4-8-12-25)30(38)34-19-29(37)35-26(16-32(2)17-28(32)35)31(39)40-20-22-9-5-3-6-10-22/h3-15,26,28H,16-20H2,1-2H3,(H,33,36)(H,34,38)/t26-,28-,32+/m0/s1. The van der Waals surface area contributed by atoms with E-state index in [4.69, 9.17) is 9.47 Å². The summed E-state index contributed by atoms with van der Waals surface area (Å²) >= 11 is 0. The van der Waals surface area contributed by atoms with Crippen LogP contribution in [0.15, 0.2) is 78.9 Å². The van der Waals surface area contributed by atoms with E-state index in [1.54, 1.807) is 23.1 Å². The number of ether oxygens (including phenoxy) is 2. The summed E-state index contributed by atoms with van der Waals surface area (Å²) in [6.45, 7) is 3.53. The Morgan fingerprint density at radius 3 is 2.34 bits per heavy atom. The fourth-order valence-electron chi connectivity index (χ4n) is 5.31. The van der Waals surface area contributed by atoms with Crippen LogP contribution in [0.4, 0.5) is 0 Å². The molecule has 0 aromatic heterocycles. The Hall–Kier alpha value is -4.66. The van der Waals surface area contributed by atoms with E-state index in [-0.39, 0.29) is 43.0 Å². The van der Waals surface area contributed by atoms with Gasteiger partial charge in [-0.3, -0.25) is 14.4 Å². The first-order valence-electron chi connectivity index (χ1n) is 13.6. The maximum absolute atomic E-state index is 13.3. The number of hydrogen-bond donors (Lipinski definition) is 2. The highest BCUT2D eigenvalue weighted by Gasteiger charge is 2.64. The van der Waals surface area contributed by atoms with Gasteiger partial charge in [0.15, 0.2) is 0 Å². The Bertz CT molecular complexity index is 1440. The Morgan fingerprint density at radius 2 is 1.63 bits per heavy atom. The van der Waals surface area contributed by atoms with Gasteiger partial charge in [0.2, 0.25) is 11.8 Å². The van der Waals surface area contributed by atoms with E-state index in [9.17, 15) is 19.2 Å². The fraction of sp³-hybridized carbons (Fsp3) is 0.312. The number of benzene rings is 3. The molecule has 3 amide bonds. The van der Waals surface area contributed by atoms with E-state index in [0.717, 1.165) is 12.0 Å². The third-order valence-corrected chi connectivity index (χ3v) is 7.64. The van der Waals surface area contributed by atoms with Crippen molar-refractivity contribution in [1.82, 2.24) is 15.5 Å². The van der Waals surface area contributed by atoms with Gasteiger partial charge in [-0.15, -0.1) is 0 Å². The summed E-state index contributed by atoms with van der Waals surface area (Å²) in [5, 5.41) is 5.43. The number of nitrogens with zero attached hydrogens (tertiary/aromatic N) is 1. The first-order chi connectivity index (χ1) is 19.7. The first-order valence-corrected chi connectivity index (χ1v) is 13.6. The van der Waals surface area contributed by atoms with Crippen LogP contribution in [0.5, 0.6) is 11.5 Å². The number of fused-ring (bicyclic) bond motifs is 1. The van der Waals surface area contributed by atoms with Crippen molar-refractivity contribution >= 4 is 23.7 Å². The van der Waals surface area contributed by atoms with Gasteiger partial charge in [0.25, 0.3) is 5.91 Å². The highest BCUT2D eigenvalue weighted by Crippen LogP contribution is 2.59. The number of esters is 1. The lowest BCUT2D eigenvalue weighted by Gasteiger charge is -2.26. The lowest BCUT2D eigenvalue weighted by Crippen LogP contribution is -2.48. The largest absolute Gasteiger partial charge is 0.459 e. The Kier molecular flexibility index (Phi) is 8.05. The summed E-state index contributed by atoms with van der Waals surface area (Å²) in [7, 11) is 0. The van der Waals surface area contributed by atoms with Gasteiger partial charge in [0, 0.05) is 30.6 Å². The van der Waals surface area contributed by atoms with E-state index in [2.05, 4.69) is 17.6 Å². The van der Waals surface area contributed by atoms with Crippen molar-refractivity contribution in [2.45, 2.75) is 51.9 Å². The van der Waals surface area contributed by atoms with Crippen LogP contribution in [-0.4, -0.2) is 47.2 Å². The summed E-state index contributed by atoms with van der Waals surface area (Å²) in [5.74, 6) is -0.305. The van der Waals surface area contributed by atoms with Gasteiger partial charge < -0.3 is 25.0 Å². The van der Waals surface area contributed by atoms with E-state index < -0.39 is 17.9 Å². The van der Waals surface area contributed by atoms with Crippen LogP contribution in [-0.2, 0) is 32.3 Å². The molecule has 2 aliphatic rings. The highest BCUT2D eigenvalue weighted by molar-refractivity contribution is 5.97. The molecule has 1 aliphatic heterocycles. The van der Waals surface area contributed by atoms with Crippen LogP contribution >= 0.6 is 0 Å². The van der Waals surface area contributed by atoms with Gasteiger partial charge in [-0.1, -0.05) is 55.5 Å². The van der Waals surface area contributed by atoms with Gasteiger partial charge in [-0.05, 0) is 54.2 Å². The van der Waals surface area contributed by atoms with Gasteiger partial charge in [0.05, 0.1) is 6.54 Å². The number of piperidine rings is 1. The predicted molar refractivity (Wildman–Crippen MR) is 151 cm³/mol. The first kappa shape index (κ1) is 27.9. The number of amides is 3. The quantitative estimate of drug-likeness (QED) is 0.366. The average molecular weight is 556 g/mol. The molecule has 1 saturated carbocycles. The minimum absolute atomic E-state index is 0.0418. The summed E-state index contributed by atoms with van der Waals surface area (Å²) < 4.78 is 11.5. The van der Waals surface area contributed by atoms with E-state index in [1.165, 1.54) is 6.92 Å². The molecule has 212 valence electrons. The molecule has 41 heavy (non-hydrogen) atoms. The van der Waals surface area contributed by atoms with Crippen LogP contribution in [0.25, 0.3) is 0 Å². The smallest absolute Gasteiger partial charge is 0.329 e. The molecule has 2 N–H and O–H groups in total. The lowest BCUT2D eigenvalue weighted by atomic mass is 10.0. The summed E-state index contributed by atoms with van der Waals surface area (Å²) in [5.41, 5.74) is 1.69. The van der Waals surface area contributed by atoms with Gasteiger partial charge >= 0.3 is 5.97 Å². The fourth-order valence-corrected chi connectivity index (χ4v) is 5.31. The zero-order valence-corrected chi connectivity index (χ0v) is 23.1. The third kappa shape index (κ3) is 6.57. The minimum Gasteiger partial charge on any atom is -0.459 e. The highest BCUT2D eigenvalue weighted by atomic mass is 16.5. The molecule has 3 atom stereocenters. The molecular formula is C32H33N3O6. The van der Waals surface area contributed by atoms with Gasteiger partial charge in [-0.25, -0.2) is 4.79 Å². The molecule has 0 radical (unpaired) electrons. The number of likely N-dealkylation sites (tertiary alicyclic amines) is 1. The molecule has 1 aliphatic carbocycles. The van der Waals surface area contributed by atoms with Gasteiger partial charge in [-0.2, -0.15) is 0 Å². The molecule has 1 heterocycles. The average Bonchev–Trinajstić information content (AvgIpc) is 3.54. The normalized spacial score (nSPS) is 20.5. The Morgan fingerprint density at radius 1 is 0.927 bits per heavy atom. The van der Waals surface area contributed by atoms with Crippen LogP contribution in [0.3, 0.4) is 0 Å². The molecule has 5 rings (SSSR count). The number of hydrogen-bond acceptors (Lipinski definition) is 6.